The van der Waals surface area contributed by atoms with Crippen LogP contribution in [0.15, 0.2) is 34.8 Å². The van der Waals surface area contributed by atoms with Crippen molar-refractivity contribution in [2.45, 2.75) is 18.9 Å². The molecule has 0 bridgehead atoms. The third-order valence-corrected chi connectivity index (χ3v) is 4.17. The van der Waals surface area contributed by atoms with Crippen molar-refractivity contribution in [3.05, 3.63) is 40.4 Å². The first-order valence-corrected chi connectivity index (χ1v) is 7.39. The molecule has 4 heteroatoms. The maximum absolute atomic E-state index is 12.1. The van der Waals surface area contributed by atoms with Crippen molar-refractivity contribution in [3.63, 3.8) is 0 Å². The van der Waals surface area contributed by atoms with Gasteiger partial charge >= 0.3 is 0 Å². The number of benzene rings is 1. The number of amides is 1. The number of hydrogen-bond donors (Lipinski definition) is 1. The largest absolute Gasteiger partial charge is 0.338 e. The van der Waals surface area contributed by atoms with Crippen LogP contribution < -0.4 is 5.32 Å². The average molecular weight is 323 g/mol. The molecule has 1 aromatic carbocycles. The second-order valence-corrected chi connectivity index (χ2v) is 5.62. The fraction of sp³-hybridized carbons (Fsp3) is 0.400. The number of piperidine rings is 1. The van der Waals surface area contributed by atoms with Gasteiger partial charge in [0.2, 0.25) is 5.91 Å². The van der Waals surface area contributed by atoms with Gasteiger partial charge in [0, 0.05) is 29.7 Å². The highest BCUT2D eigenvalue weighted by Gasteiger charge is 2.20. The molecule has 0 radical (unpaired) electrons. The van der Waals surface area contributed by atoms with E-state index in [0.717, 1.165) is 36.0 Å². The third kappa shape index (κ3) is 3.91. The summed E-state index contributed by atoms with van der Waals surface area (Å²) in [5.74, 6) is 0.0932. The highest BCUT2D eigenvalue weighted by atomic mass is 79.9. The minimum atomic E-state index is 0.0932. The highest BCUT2D eigenvalue weighted by molar-refractivity contribution is 9.10. The van der Waals surface area contributed by atoms with Gasteiger partial charge in [0.15, 0.2) is 0 Å². The van der Waals surface area contributed by atoms with Crippen LogP contribution in [0.25, 0.3) is 6.08 Å². The summed E-state index contributed by atoms with van der Waals surface area (Å²) in [5, 5.41) is 3.25. The van der Waals surface area contributed by atoms with Crippen molar-refractivity contribution >= 4 is 27.9 Å². The lowest BCUT2D eigenvalue weighted by Gasteiger charge is -2.31. The fourth-order valence-corrected chi connectivity index (χ4v) is 2.71. The topological polar surface area (TPSA) is 32.3 Å². The Balaban J connectivity index is 1.99. The smallest absolute Gasteiger partial charge is 0.246 e. The van der Waals surface area contributed by atoms with Crippen LogP contribution in [0.2, 0.25) is 0 Å². The van der Waals surface area contributed by atoms with E-state index in [2.05, 4.69) is 21.2 Å². The van der Waals surface area contributed by atoms with E-state index in [-0.39, 0.29) is 5.91 Å². The van der Waals surface area contributed by atoms with Crippen LogP contribution in [0.1, 0.15) is 18.4 Å². The molecule has 1 amide bonds. The standard InChI is InChI=1S/C15H19BrN2O/c1-17-13-6-4-10-18(11-13)15(19)9-8-12-5-2-3-7-14(12)16/h2-3,5,7-9,13,17H,4,6,10-11H2,1H3/b9-8+. The first-order chi connectivity index (χ1) is 9.20. The van der Waals surface area contributed by atoms with Crippen molar-refractivity contribution in [2.75, 3.05) is 20.1 Å². The summed E-state index contributed by atoms with van der Waals surface area (Å²) < 4.78 is 1.01. The Hall–Kier alpha value is -1.13. The molecule has 1 saturated heterocycles. The van der Waals surface area contributed by atoms with Gasteiger partial charge in [0.1, 0.15) is 0 Å². The number of likely N-dealkylation sites (tertiary alicyclic amines) is 1. The summed E-state index contributed by atoms with van der Waals surface area (Å²) in [6.45, 7) is 1.66. The summed E-state index contributed by atoms with van der Waals surface area (Å²) in [6, 6.07) is 8.32. The molecule has 1 N–H and O–H groups in total. The predicted molar refractivity (Wildman–Crippen MR) is 81.8 cm³/mol. The van der Waals surface area contributed by atoms with E-state index in [1.807, 2.05) is 42.3 Å². The molecule has 1 unspecified atom stereocenters. The van der Waals surface area contributed by atoms with Crippen molar-refractivity contribution in [2.24, 2.45) is 0 Å². The summed E-state index contributed by atoms with van der Waals surface area (Å²) in [4.78, 5) is 14.1. The van der Waals surface area contributed by atoms with Crippen molar-refractivity contribution in [3.8, 4) is 0 Å². The van der Waals surface area contributed by atoms with Crippen molar-refractivity contribution < 1.29 is 4.79 Å². The molecule has 19 heavy (non-hydrogen) atoms. The number of nitrogens with zero attached hydrogens (tertiary/aromatic N) is 1. The van der Waals surface area contributed by atoms with Gasteiger partial charge in [-0.15, -0.1) is 0 Å². The molecule has 3 nitrogen and oxygen atoms in total. The zero-order valence-electron chi connectivity index (χ0n) is 11.1. The normalized spacial score (nSPS) is 19.9. The molecule has 1 aliphatic rings. The summed E-state index contributed by atoms with van der Waals surface area (Å²) in [6.07, 6.45) is 5.75. The number of likely N-dealkylation sites (N-methyl/N-ethyl adjacent to an activating group) is 1. The highest BCUT2D eigenvalue weighted by Crippen LogP contribution is 2.17. The predicted octanol–water partition coefficient (Wildman–Crippen LogP) is 2.67. The molecular formula is C15H19BrN2O. The minimum Gasteiger partial charge on any atom is -0.338 e. The molecule has 0 spiro atoms. The summed E-state index contributed by atoms with van der Waals surface area (Å²) in [7, 11) is 1.95. The Morgan fingerprint density at radius 1 is 1.47 bits per heavy atom. The minimum absolute atomic E-state index is 0.0932. The molecule has 1 fully saturated rings. The average Bonchev–Trinajstić information content (AvgIpc) is 2.46. The van der Waals surface area contributed by atoms with Crippen LogP contribution in [-0.4, -0.2) is 37.0 Å². The molecule has 1 aromatic rings. The van der Waals surface area contributed by atoms with Gasteiger partial charge in [0.25, 0.3) is 0 Å². The van der Waals surface area contributed by atoms with E-state index < -0.39 is 0 Å². The lowest BCUT2D eigenvalue weighted by molar-refractivity contribution is -0.127. The lowest BCUT2D eigenvalue weighted by Crippen LogP contribution is -2.46. The first-order valence-electron chi connectivity index (χ1n) is 6.59. The SMILES string of the molecule is CNC1CCCN(C(=O)/C=C/c2ccccc2Br)C1. The van der Waals surface area contributed by atoms with Gasteiger partial charge in [-0.25, -0.2) is 0 Å². The maximum Gasteiger partial charge on any atom is 0.246 e. The van der Waals surface area contributed by atoms with Crippen LogP contribution in [0.4, 0.5) is 0 Å². The number of halogens is 1. The van der Waals surface area contributed by atoms with E-state index in [1.54, 1.807) is 6.08 Å². The molecular weight excluding hydrogens is 304 g/mol. The van der Waals surface area contributed by atoms with Crippen molar-refractivity contribution in [1.29, 1.82) is 0 Å². The number of rotatable bonds is 3. The number of hydrogen-bond acceptors (Lipinski definition) is 2. The molecule has 1 aliphatic heterocycles. The van der Waals surface area contributed by atoms with Crippen LogP contribution in [-0.2, 0) is 4.79 Å². The molecule has 0 saturated carbocycles. The van der Waals surface area contributed by atoms with E-state index in [1.165, 1.54) is 0 Å². The molecule has 0 aromatic heterocycles. The lowest BCUT2D eigenvalue weighted by atomic mass is 10.1. The van der Waals surface area contributed by atoms with Gasteiger partial charge in [0.05, 0.1) is 0 Å². The van der Waals surface area contributed by atoms with Gasteiger partial charge in [-0.3, -0.25) is 4.79 Å². The first kappa shape index (κ1) is 14.3. The summed E-state index contributed by atoms with van der Waals surface area (Å²) in [5.41, 5.74) is 1.03. The molecule has 1 heterocycles. The van der Waals surface area contributed by atoms with Crippen LogP contribution in [0.3, 0.4) is 0 Å². The van der Waals surface area contributed by atoms with Gasteiger partial charge in [-0.05, 0) is 37.6 Å². The van der Waals surface area contributed by atoms with Gasteiger partial charge in [-0.1, -0.05) is 34.1 Å². The van der Waals surface area contributed by atoms with Crippen LogP contribution in [0.5, 0.6) is 0 Å². The van der Waals surface area contributed by atoms with E-state index in [0.29, 0.717) is 6.04 Å². The second-order valence-electron chi connectivity index (χ2n) is 4.77. The second kappa shape index (κ2) is 6.87. The quantitative estimate of drug-likeness (QED) is 0.868. The van der Waals surface area contributed by atoms with E-state index in [4.69, 9.17) is 0 Å². The summed E-state index contributed by atoms with van der Waals surface area (Å²) >= 11 is 3.48. The Labute approximate surface area is 122 Å². The third-order valence-electron chi connectivity index (χ3n) is 3.45. The van der Waals surface area contributed by atoms with Crippen LogP contribution in [0, 0.1) is 0 Å². The Bertz CT molecular complexity index is 473. The van der Waals surface area contributed by atoms with E-state index in [9.17, 15) is 4.79 Å². The van der Waals surface area contributed by atoms with Gasteiger partial charge in [-0.2, -0.15) is 0 Å². The zero-order chi connectivity index (χ0) is 13.7. The molecule has 0 aliphatic carbocycles. The molecule has 2 rings (SSSR count). The Morgan fingerprint density at radius 2 is 2.26 bits per heavy atom. The van der Waals surface area contributed by atoms with Gasteiger partial charge < -0.3 is 10.2 Å². The van der Waals surface area contributed by atoms with Crippen LogP contribution >= 0.6 is 15.9 Å². The monoisotopic (exact) mass is 322 g/mol. The number of carbonyl (C=O) groups excluding carboxylic acids is 1. The van der Waals surface area contributed by atoms with E-state index >= 15 is 0 Å². The Morgan fingerprint density at radius 3 is 3.00 bits per heavy atom. The number of carbonyl (C=O) groups is 1. The molecule has 102 valence electrons. The fourth-order valence-electron chi connectivity index (χ4n) is 2.29. The maximum atomic E-state index is 12.1. The van der Waals surface area contributed by atoms with Crippen molar-refractivity contribution in [1.82, 2.24) is 10.2 Å². The Kier molecular flexibility index (Phi) is 5.16. The number of nitrogens with one attached hydrogen (secondary N) is 1. The zero-order valence-corrected chi connectivity index (χ0v) is 12.7. The molecule has 1 atom stereocenters.